The molecule has 1 aromatic carbocycles. The zero-order chi connectivity index (χ0) is 21.7. The molecule has 0 radical (unpaired) electrons. The number of sulfonamides is 1. The monoisotopic (exact) mass is 435 g/mol. The van der Waals surface area contributed by atoms with Crippen molar-refractivity contribution < 1.29 is 18.0 Å². The molecule has 166 valence electrons. The Balaban J connectivity index is 1.64. The maximum atomic E-state index is 13.3. The highest BCUT2D eigenvalue weighted by molar-refractivity contribution is 7.88. The van der Waals surface area contributed by atoms with Crippen molar-refractivity contribution in [2.75, 3.05) is 25.9 Å². The van der Waals surface area contributed by atoms with Crippen LogP contribution < -0.4 is 5.32 Å². The summed E-state index contributed by atoms with van der Waals surface area (Å²) in [6.07, 6.45) is 6.70. The molecule has 7 nitrogen and oxygen atoms in total. The van der Waals surface area contributed by atoms with Crippen LogP contribution in [0.3, 0.4) is 0 Å². The number of fused-ring (bicyclic) bond motifs is 1. The van der Waals surface area contributed by atoms with Crippen LogP contribution in [-0.4, -0.2) is 67.4 Å². The Hall–Kier alpha value is -1.93. The first-order chi connectivity index (χ1) is 14.3. The Morgan fingerprint density at radius 2 is 1.87 bits per heavy atom. The Morgan fingerprint density at radius 3 is 2.53 bits per heavy atom. The van der Waals surface area contributed by atoms with Crippen LogP contribution in [-0.2, 0) is 14.8 Å². The molecule has 1 saturated heterocycles. The van der Waals surface area contributed by atoms with Gasteiger partial charge in [0.15, 0.2) is 0 Å². The number of nitrogens with zero attached hydrogens (tertiary/aromatic N) is 2. The lowest BCUT2D eigenvalue weighted by Crippen LogP contribution is -2.49. The molecule has 2 aliphatic rings. The zero-order valence-electron chi connectivity index (χ0n) is 17.9. The van der Waals surface area contributed by atoms with Crippen LogP contribution in [0, 0.1) is 5.92 Å². The molecule has 1 saturated carbocycles. The van der Waals surface area contributed by atoms with Gasteiger partial charge in [0.2, 0.25) is 15.9 Å². The molecule has 1 aliphatic heterocycles. The van der Waals surface area contributed by atoms with Crippen LogP contribution >= 0.6 is 0 Å². The average molecular weight is 436 g/mol. The minimum Gasteiger partial charge on any atom is -0.354 e. The summed E-state index contributed by atoms with van der Waals surface area (Å²) in [6, 6.07) is 8.85. The van der Waals surface area contributed by atoms with Gasteiger partial charge in [-0.3, -0.25) is 9.59 Å². The molecule has 1 N–H and O–H groups in total. The van der Waals surface area contributed by atoms with Crippen LogP contribution in [0.2, 0.25) is 0 Å². The van der Waals surface area contributed by atoms with Crippen molar-refractivity contribution in [3.05, 3.63) is 35.9 Å². The second-order valence-electron chi connectivity index (χ2n) is 8.34. The quantitative estimate of drug-likeness (QED) is 0.635. The highest BCUT2D eigenvalue weighted by Crippen LogP contribution is 2.40. The molecule has 3 rings (SSSR count). The highest BCUT2D eigenvalue weighted by Gasteiger charge is 2.47. The van der Waals surface area contributed by atoms with E-state index in [9.17, 15) is 18.0 Å². The van der Waals surface area contributed by atoms with E-state index in [1.54, 1.807) is 19.1 Å². The highest BCUT2D eigenvalue weighted by atomic mass is 32.2. The van der Waals surface area contributed by atoms with Gasteiger partial charge in [0.1, 0.15) is 6.04 Å². The predicted molar refractivity (Wildman–Crippen MR) is 116 cm³/mol. The van der Waals surface area contributed by atoms with Crippen LogP contribution in [0.4, 0.5) is 0 Å². The molecule has 8 heteroatoms. The molecule has 1 aliphatic carbocycles. The second kappa shape index (κ2) is 9.92. The molecule has 3 atom stereocenters. The number of likely N-dealkylation sites (tertiary alicyclic amines) is 1. The van der Waals surface area contributed by atoms with Crippen molar-refractivity contribution in [2.45, 2.75) is 57.5 Å². The number of benzene rings is 1. The standard InChI is InChI=1S/C22H33N3O4S/c1-3-24(30(2,28)29)15-9-14-23-21(26)20-16-18-12-7-8-13-19(18)25(20)22(27)17-10-5-4-6-11-17/h4-6,10-11,18-20H,3,7-9,12-16H2,1-2H3,(H,23,26). The van der Waals surface area contributed by atoms with E-state index in [2.05, 4.69) is 5.32 Å². The van der Waals surface area contributed by atoms with Crippen molar-refractivity contribution >= 4 is 21.8 Å². The largest absolute Gasteiger partial charge is 0.354 e. The first kappa shape index (κ1) is 22.7. The maximum Gasteiger partial charge on any atom is 0.254 e. The number of carbonyl (C=O) groups is 2. The van der Waals surface area contributed by atoms with Crippen LogP contribution in [0.1, 0.15) is 55.8 Å². The molecule has 3 unspecified atom stereocenters. The number of amides is 2. The van der Waals surface area contributed by atoms with E-state index in [0.29, 0.717) is 44.0 Å². The number of carbonyl (C=O) groups excluding carboxylic acids is 2. The van der Waals surface area contributed by atoms with E-state index in [0.717, 1.165) is 25.7 Å². The van der Waals surface area contributed by atoms with Crippen LogP contribution in [0.25, 0.3) is 0 Å². The van der Waals surface area contributed by atoms with E-state index in [1.807, 2.05) is 23.1 Å². The van der Waals surface area contributed by atoms with Gasteiger partial charge in [-0.15, -0.1) is 0 Å². The summed E-state index contributed by atoms with van der Waals surface area (Å²) in [6.45, 7) is 2.98. The van der Waals surface area contributed by atoms with E-state index in [-0.39, 0.29) is 17.9 Å². The van der Waals surface area contributed by atoms with Gasteiger partial charge in [-0.05, 0) is 43.7 Å². The fourth-order valence-corrected chi connectivity index (χ4v) is 5.79. The van der Waals surface area contributed by atoms with Crippen molar-refractivity contribution in [3.63, 3.8) is 0 Å². The molecule has 30 heavy (non-hydrogen) atoms. The third-order valence-corrected chi connectivity index (χ3v) is 7.73. The molecule has 0 aromatic heterocycles. The molecule has 1 aromatic rings. The van der Waals surface area contributed by atoms with Gasteiger partial charge in [0.25, 0.3) is 5.91 Å². The summed E-state index contributed by atoms with van der Waals surface area (Å²) in [5.74, 6) is 0.179. The molecule has 0 bridgehead atoms. The minimum atomic E-state index is -3.23. The lowest BCUT2D eigenvalue weighted by Gasteiger charge is -2.33. The normalized spacial score (nSPS) is 24.0. The summed E-state index contributed by atoms with van der Waals surface area (Å²) >= 11 is 0. The Kier molecular flexibility index (Phi) is 7.52. The van der Waals surface area contributed by atoms with E-state index in [4.69, 9.17) is 0 Å². The summed E-state index contributed by atoms with van der Waals surface area (Å²) in [7, 11) is -3.23. The third-order valence-electron chi connectivity index (χ3n) is 6.35. The Labute approximate surface area is 179 Å². The molecule has 2 fully saturated rings. The second-order valence-corrected chi connectivity index (χ2v) is 10.3. The molecular formula is C22H33N3O4S. The lowest BCUT2D eigenvalue weighted by molar-refractivity contribution is -0.125. The van der Waals surface area contributed by atoms with Gasteiger partial charge in [0, 0.05) is 31.2 Å². The van der Waals surface area contributed by atoms with Crippen molar-refractivity contribution in [3.8, 4) is 0 Å². The predicted octanol–water partition coefficient (Wildman–Crippen LogP) is 2.25. The van der Waals surface area contributed by atoms with Crippen molar-refractivity contribution in [1.29, 1.82) is 0 Å². The number of hydrogen-bond donors (Lipinski definition) is 1. The van der Waals surface area contributed by atoms with E-state index >= 15 is 0 Å². The molecule has 2 amide bonds. The fraction of sp³-hybridized carbons (Fsp3) is 0.636. The van der Waals surface area contributed by atoms with E-state index in [1.165, 1.54) is 10.6 Å². The Morgan fingerprint density at radius 1 is 1.17 bits per heavy atom. The number of rotatable bonds is 8. The third kappa shape index (κ3) is 5.21. The van der Waals surface area contributed by atoms with Gasteiger partial charge < -0.3 is 10.2 Å². The van der Waals surface area contributed by atoms with Crippen LogP contribution in [0.15, 0.2) is 30.3 Å². The molecule has 0 spiro atoms. The van der Waals surface area contributed by atoms with Crippen molar-refractivity contribution in [2.24, 2.45) is 5.92 Å². The van der Waals surface area contributed by atoms with E-state index < -0.39 is 16.1 Å². The molecular weight excluding hydrogens is 402 g/mol. The summed E-state index contributed by atoms with van der Waals surface area (Å²) in [5.41, 5.74) is 0.619. The number of nitrogens with one attached hydrogen (secondary N) is 1. The van der Waals surface area contributed by atoms with Gasteiger partial charge >= 0.3 is 0 Å². The zero-order valence-corrected chi connectivity index (χ0v) is 18.7. The lowest BCUT2D eigenvalue weighted by atomic mass is 9.84. The fourth-order valence-electron chi connectivity index (χ4n) is 4.86. The summed E-state index contributed by atoms with van der Waals surface area (Å²) in [4.78, 5) is 28.1. The minimum absolute atomic E-state index is 0.0700. The maximum absolute atomic E-state index is 13.3. The number of hydrogen-bond acceptors (Lipinski definition) is 4. The van der Waals surface area contributed by atoms with Gasteiger partial charge in [-0.2, -0.15) is 0 Å². The topological polar surface area (TPSA) is 86.8 Å². The Bertz CT molecular complexity index is 843. The van der Waals surface area contributed by atoms with Gasteiger partial charge in [-0.1, -0.05) is 38.0 Å². The first-order valence-corrected chi connectivity index (χ1v) is 12.8. The smallest absolute Gasteiger partial charge is 0.254 e. The SMILES string of the molecule is CCN(CCCNC(=O)C1CC2CCCCC2N1C(=O)c1ccccc1)S(C)(=O)=O. The molecule has 1 heterocycles. The summed E-state index contributed by atoms with van der Waals surface area (Å²) in [5, 5.41) is 2.95. The van der Waals surface area contributed by atoms with Crippen LogP contribution in [0.5, 0.6) is 0 Å². The van der Waals surface area contributed by atoms with Crippen molar-refractivity contribution in [1.82, 2.24) is 14.5 Å². The van der Waals surface area contributed by atoms with Gasteiger partial charge in [-0.25, -0.2) is 12.7 Å². The first-order valence-electron chi connectivity index (χ1n) is 10.9. The summed E-state index contributed by atoms with van der Waals surface area (Å²) < 4.78 is 24.8. The average Bonchev–Trinajstić information content (AvgIpc) is 3.12. The van der Waals surface area contributed by atoms with Gasteiger partial charge in [0.05, 0.1) is 6.26 Å².